The normalized spacial score (nSPS) is 13.4. The van der Waals surface area contributed by atoms with Crippen LogP contribution in [-0.4, -0.2) is 22.9 Å². The maximum atomic E-state index is 14.8. The van der Waals surface area contributed by atoms with Crippen LogP contribution < -0.4 is 9.64 Å². The summed E-state index contributed by atoms with van der Waals surface area (Å²) in [6, 6.07) is 10.6. The highest BCUT2D eigenvalue weighted by molar-refractivity contribution is 6.00. The molecule has 3 aromatic rings. The van der Waals surface area contributed by atoms with Gasteiger partial charge in [0.1, 0.15) is 12.4 Å². The van der Waals surface area contributed by atoms with E-state index >= 15 is 0 Å². The molecule has 4 rings (SSSR count). The first-order valence-corrected chi connectivity index (χ1v) is 9.11. The summed E-state index contributed by atoms with van der Waals surface area (Å²) in [5, 5.41) is 0. The van der Waals surface area contributed by atoms with Gasteiger partial charge in [-0.25, -0.2) is 9.37 Å². The molecule has 0 saturated carbocycles. The number of fused-ring (bicyclic) bond motifs is 1. The summed E-state index contributed by atoms with van der Waals surface area (Å²) in [6.07, 6.45) is 4.34. The lowest BCUT2D eigenvalue weighted by atomic mass is 9.93. The lowest BCUT2D eigenvalue weighted by molar-refractivity contribution is -0.118. The summed E-state index contributed by atoms with van der Waals surface area (Å²) in [6.45, 7) is 2.16. The number of aryl methyl sites for hydroxylation is 2. The number of pyridine rings is 2. The molecule has 1 amide bonds. The highest BCUT2D eigenvalue weighted by atomic mass is 19.1. The first kappa shape index (κ1) is 18.1. The first-order chi connectivity index (χ1) is 13.5. The fourth-order valence-electron chi connectivity index (χ4n) is 3.46. The van der Waals surface area contributed by atoms with E-state index in [1.807, 2.05) is 25.1 Å². The third-order valence-electron chi connectivity index (χ3n) is 4.86. The van der Waals surface area contributed by atoms with Crippen molar-refractivity contribution < 1.29 is 13.9 Å². The van der Waals surface area contributed by atoms with Crippen molar-refractivity contribution in [3.05, 3.63) is 71.4 Å². The summed E-state index contributed by atoms with van der Waals surface area (Å²) >= 11 is 0. The third-order valence-corrected chi connectivity index (χ3v) is 4.86. The molecule has 0 fully saturated rings. The smallest absolute Gasteiger partial charge is 0.227 e. The van der Waals surface area contributed by atoms with Gasteiger partial charge in [0, 0.05) is 54.3 Å². The highest BCUT2D eigenvalue weighted by Gasteiger charge is 2.26. The van der Waals surface area contributed by atoms with Crippen molar-refractivity contribution in [3.8, 4) is 17.0 Å². The molecule has 0 radical (unpaired) electrons. The van der Waals surface area contributed by atoms with Crippen molar-refractivity contribution in [3.63, 3.8) is 0 Å². The molecule has 1 aliphatic rings. The van der Waals surface area contributed by atoms with Crippen molar-refractivity contribution in [1.29, 1.82) is 0 Å². The third kappa shape index (κ3) is 3.45. The van der Waals surface area contributed by atoms with Gasteiger partial charge in [-0.2, -0.15) is 0 Å². The fraction of sp³-hybridized carbons (Fsp3) is 0.227. The molecule has 0 saturated heterocycles. The Morgan fingerprint density at radius 2 is 2.04 bits per heavy atom. The minimum absolute atomic E-state index is 0.0164. The minimum atomic E-state index is -0.375. The number of nitrogens with zero attached hydrogens (tertiary/aromatic N) is 3. The topological polar surface area (TPSA) is 55.3 Å². The molecule has 0 bridgehead atoms. The molecule has 5 nitrogen and oxygen atoms in total. The fourth-order valence-corrected chi connectivity index (χ4v) is 3.46. The second-order valence-electron chi connectivity index (χ2n) is 6.87. The van der Waals surface area contributed by atoms with Crippen LogP contribution in [-0.2, 0) is 17.8 Å². The maximum absolute atomic E-state index is 14.8. The van der Waals surface area contributed by atoms with Crippen molar-refractivity contribution in [2.75, 3.05) is 11.9 Å². The largest absolute Gasteiger partial charge is 0.473 e. The number of carbonyl (C=O) groups excluding carboxylic acids is 1. The maximum Gasteiger partial charge on any atom is 0.227 e. The molecular weight excluding hydrogens is 357 g/mol. The molecule has 142 valence electrons. The number of hydrogen-bond acceptors (Lipinski definition) is 4. The average Bonchev–Trinajstić information content (AvgIpc) is 2.70. The zero-order chi connectivity index (χ0) is 19.7. The number of benzene rings is 1. The van der Waals surface area contributed by atoms with E-state index in [2.05, 4.69) is 9.97 Å². The number of hydrogen-bond donors (Lipinski definition) is 0. The van der Waals surface area contributed by atoms with E-state index in [-0.39, 0.29) is 18.3 Å². The minimum Gasteiger partial charge on any atom is -0.473 e. The van der Waals surface area contributed by atoms with Crippen molar-refractivity contribution >= 4 is 11.6 Å². The summed E-state index contributed by atoms with van der Waals surface area (Å²) in [7, 11) is 1.69. The molecule has 0 spiro atoms. The van der Waals surface area contributed by atoms with Crippen LogP contribution >= 0.6 is 0 Å². The molecule has 0 atom stereocenters. The summed E-state index contributed by atoms with van der Waals surface area (Å²) < 4.78 is 20.5. The molecule has 0 unspecified atom stereocenters. The zero-order valence-electron chi connectivity index (χ0n) is 15.8. The van der Waals surface area contributed by atoms with Crippen molar-refractivity contribution in [1.82, 2.24) is 9.97 Å². The van der Waals surface area contributed by atoms with Gasteiger partial charge in [0.25, 0.3) is 0 Å². The molecule has 3 heterocycles. The Morgan fingerprint density at radius 3 is 2.86 bits per heavy atom. The van der Waals surface area contributed by atoms with E-state index in [1.165, 1.54) is 11.0 Å². The van der Waals surface area contributed by atoms with Crippen LogP contribution in [0.3, 0.4) is 0 Å². The molecule has 1 aromatic carbocycles. The van der Waals surface area contributed by atoms with Gasteiger partial charge in [-0.1, -0.05) is 12.1 Å². The summed E-state index contributed by atoms with van der Waals surface area (Å²) in [4.78, 5) is 22.3. The van der Waals surface area contributed by atoms with Crippen LogP contribution in [0.5, 0.6) is 5.88 Å². The van der Waals surface area contributed by atoms with Gasteiger partial charge >= 0.3 is 0 Å². The number of carbonyl (C=O) groups is 1. The van der Waals surface area contributed by atoms with Gasteiger partial charge < -0.3 is 9.64 Å². The van der Waals surface area contributed by atoms with Crippen LogP contribution in [0.1, 0.15) is 23.2 Å². The number of anilines is 1. The Labute approximate surface area is 162 Å². The Bertz CT molecular complexity index is 1050. The van der Waals surface area contributed by atoms with Crippen LogP contribution in [0, 0.1) is 12.7 Å². The molecule has 2 aromatic heterocycles. The lowest BCUT2D eigenvalue weighted by Crippen LogP contribution is -2.31. The second-order valence-corrected chi connectivity index (χ2v) is 6.87. The van der Waals surface area contributed by atoms with E-state index in [0.29, 0.717) is 35.5 Å². The molecule has 1 aliphatic heterocycles. The predicted octanol–water partition coefficient (Wildman–Crippen LogP) is 4.08. The van der Waals surface area contributed by atoms with E-state index in [9.17, 15) is 9.18 Å². The van der Waals surface area contributed by atoms with Crippen LogP contribution in [0.2, 0.25) is 0 Å². The number of rotatable bonds is 4. The Balaban J connectivity index is 1.68. The number of halogens is 1. The van der Waals surface area contributed by atoms with E-state index in [0.717, 1.165) is 16.8 Å². The number of aromatic nitrogens is 2. The molecule has 28 heavy (non-hydrogen) atoms. The summed E-state index contributed by atoms with van der Waals surface area (Å²) in [5.74, 6) is 0.136. The zero-order valence-corrected chi connectivity index (χ0v) is 15.8. The van der Waals surface area contributed by atoms with Crippen LogP contribution in [0.15, 0.2) is 48.8 Å². The van der Waals surface area contributed by atoms with Crippen LogP contribution in [0.4, 0.5) is 10.1 Å². The van der Waals surface area contributed by atoms with Crippen LogP contribution in [0.25, 0.3) is 11.1 Å². The van der Waals surface area contributed by atoms with Gasteiger partial charge in [-0.3, -0.25) is 9.78 Å². The number of ether oxygens (including phenoxy) is 1. The molecule has 0 aliphatic carbocycles. The molecule has 0 N–H and O–H groups in total. The van der Waals surface area contributed by atoms with Crippen molar-refractivity contribution in [2.45, 2.75) is 26.4 Å². The van der Waals surface area contributed by atoms with Gasteiger partial charge in [-0.05, 0) is 37.1 Å². The number of amides is 1. The quantitative estimate of drug-likeness (QED) is 0.688. The lowest BCUT2D eigenvalue weighted by Gasteiger charge is -2.28. The van der Waals surface area contributed by atoms with E-state index < -0.39 is 0 Å². The second kappa shape index (κ2) is 7.38. The Kier molecular flexibility index (Phi) is 4.77. The monoisotopic (exact) mass is 377 g/mol. The van der Waals surface area contributed by atoms with Gasteiger partial charge in [-0.15, -0.1) is 0 Å². The van der Waals surface area contributed by atoms with Crippen molar-refractivity contribution in [2.24, 2.45) is 0 Å². The standard InChI is InChI=1S/C22H20FN3O2/c1-14-4-3-5-19(25-14)28-13-15-10-17(12-24-11-15)21-18(23)8-6-16-7-9-20(27)26(2)22(16)21/h3-6,8,10-12H,7,9,13H2,1-2H3. The Hall–Kier alpha value is -3.28. The van der Waals surface area contributed by atoms with E-state index in [4.69, 9.17) is 4.74 Å². The predicted molar refractivity (Wildman–Crippen MR) is 105 cm³/mol. The molecule has 6 heteroatoms. The van der Waals surface area contributed by atoms with Gasteiger partial charge in [0.2, 0.25) is 11.8 Å². The summed E-state index contributed by atoms with van der Waals surface area (Å²) in [5.41, 5.74) is 4.27. The first-order valence-electron chi connectivity index (χ1n) is 9.11. The van der Waals surface area contributed by atoms with E-state index in [1.54, 1.807) is 31.6 Å². The average molecular weight is 377 g/mol. The van der Waals surface area contributed by atoms with Gasteiger partial charge in [0.15, 0.2) is 0 Å². The SMILES string of the molecule is Cc1cccc(OCc2cncc(-c3c(F)ccc4c3N(C)C(=O)CC4)c2)n1. The highest BCUT2D eigenvalue weighted by Crippen LogP contribution is 2.39. The Morgan fingerprint density at radius 1 is 1.18 bits per heavy atom. The van der Waals surface area contributed by atoms with Gasteiger partial charge in [0.05, 0.1) is 5.69 Å². The molecular formula is C22H20FN3O2.